The standard InChI is InChI=1S/C6H12N2O3/c1-2-4-8(7-11)5-3-6(9)10/h2-5H2,1H3,(H,9,10). The lowest BCUT2D eigenvalue weighted by molar-refractivity contribution is -0.137. The SMILES string of the molecule is CCCN(CCC(=O)O)N=O. The van der Waals surface area contributed by atoms with Gasteiger partial charge in [-0.25, -0.2) is 0 Å². The topological polar surface area (TPSA) is 70.0 Å². The highest BCUT2D eigenvalue weighted by Crippen LogP contribution is 1.93. The minimum absolute atomic E-state index is 0.0360. The Balaban J connectivity index is 3.51. The lowest BCUT2D eigenvalue weighted by Crippen LogP contribution is -2.20. The Morgan fingerprint density at radius 2 is 2.18 bits per heavy atom. The van der Waals surface area contributed by atoms with Crippen molar-refractivity contribution in [3.05, 3.63) is 4.91 Å². The van der Waals surface area contributed by atoms with Crippen molar-refractivity contribution in [2.24, 2.45) is 5.29 Å². The normalized spacial score (nSPS) is 9.18. The molecule has 0 radical (unpaired) electrons. The Morgan fingerprint density at radius 3 is 2.55 bits per heavy atom. The van der Waals surface area contributed by atoms with Crippen LogP contribution in [-0.4, -0.2) is 29.2 Å². The molecular weight excluding hydrogens is 148 g/mol. The molecule has 11 heavy (non-hydrogen) atoms. The van der Waals surface area contributed by atoms with E-state index in [1.54, 1.807) is 0 Å². The van der Waals surface area contributed by atoms with Crippen molar-refractivity contribution >= 4 is 5.97 Å². The van der Waals surface area contributed by atoms with E-state index in [1.165, 1.54) is 5.01 Å². The van der Waals surface area contributed by atoms with Gasteiger partial charge in [-0.2, -0.15) is 0 Å². The van der Waals surface area contributed by atoms with Crippen LogP contribution in [0.5, 0.6) is 0 Å². The van der Waals surface area contributed by atoms with Crippen LogP contribution in [0.2, 0.25) is 0 Å². The molecule has 0 amide bonds. The van der Waals surface area contributed by atoms with Gasteiger partial charge in [-0.3, -0.25) is 9.80 Å². The first-order valence-corrected chi connectivity index (χ1v) is 3.50. The molecular formula is C6H12N2O3. The van der Waals surface area contributed by atoms with Gasteiger partial charge in [0.15, 0.2) is 0 Å². The van der Waals surface area contributed by atoms with Crippen molar-refractivity contribution in [1.29, 1.82) is 0 Å². The summed E-state index contributed by atoms with van der Waals surface area (Å²) in [7, 11) is 0. The zero-order chi connectivity index (χ0) is 8.69. The third kappa shape index (κ3) is 5.32. The summed E-state index contributed by atoms with van der Waals surface area (Å²) in [5.41, 5.74) is 0. The number of carbonyl (C=O) groups is 1. The first-order valence-electron chi connectivity index (χ1n) is 3.50. The van der Waals surface area contributed by atoms with Crippen molar-refractivity contribution in [2.45, 2.75) is 19.8 Å². The lowest BCUT2D eigenvalue weighted by atomic mass is 10.4. The maximum Gasteiger partial charge on any atom is 0.305 e. The van der Waals surface area contributed by atoms with Crippen LogP contribution >= 0.6 is 0 Å². The van der Waals surface area contributed by atoms with E-state index in [-0.39, 0.29) is 13.0 Å². The number of carboxylic acid groups (broad SMARTS) is 1. The molecule has 0 heterocycles. The molecule has 0 saturated heterocycles. The third-order valence-electron chi connectivity index (χ3n) is 1.18. The van der Waals surface area contributed by atoms with Gasteiger partial charge in [0.25, 0.3) is 0 Å². The minimum atomic E-state index is -0.908. The number of rotatable bonds is 6. The van der Waals surface area contributed by atoms with E-state index in [1.807, 2.05) is 6.92 Å². The van der Waals surface area contributed by atoms with Crippen LogP contribution in [0.4, 0.5) is 0 Å². The third-order valence-corrected chi connectivity index (χ3v) is 1.18. The predicted octanol–water partition coefficient (Wildman–Crippen LogP) is 0.855. The average Bonchev–Trinajstić information content (AvgIpc) is 1.97. The van der Waals surface area contributed by atoms with E-state index in [4.69, 9.17) is 5.11 Å². The smallest absolute Gasteiger partial charge is 0.305 e. The van der Waals surface area contributed by atoms with E-state index in [2.05, 4.69) is 5.29 Å². The van der Waals surface area contributed by atoms with Crippen LogP contribution in [0, 0.1) is 4.91 Å². The van der Waals surface area contributed by atoms with Crippen molar-refractivity contribution in [2.75, 3.05) is 13.1 Å². The maximum atomic E-state index is 10.1. The van der Waals surface area contributed by atoms with Gasteiger partial charge in [0.05, 0.1) is 11.7 Å². The molecule has 5 heteroatoms. The molecule has 0 aliphatic carbocycles. The Morgan fingerprint density at radius 1 is 1.55 bits per heavy atom. The number of nitroso groups, excluding NO2 is 1. The maximum absolute atomic E-state index is 10.1. The number of hydrogen-bond donors (Lipinski definition) is 1. The number of carboxylic acids is 1. The molecule has 0 spiro atoms. The van der Waals surface area contributed by atoms with Crippen molar-refractivity contribution in [1.82, 2.24) is 5.01 Å². The summed E-state index contributed by atoms with van der Waals surface area (Å²) in [6, 6.07) is 0. The van der Waals surface area contributed by atoms with Crippen molar-refractivity contribution in [3.63, 3.8) is 0 Å². The van der Waals surface area contributed by atoms with E-state index in [0.29, 0.717) is 6.54 Å². The quantitative estimate of drug-likeness (QED) is 0.462. The summed E-state index contributed by atoms with van der Waals surface area (Å²) >= 11 is 0. The summed E-state index contributed by atoms with van der Waals surface area (Å²) in [6.45, 7) is 2.63. The molecule has 64 valence electrons. The largest absolute Gasteiger partial charge is 0.481 e. The van der Waals surface area contributed by atoms with E-state index >= 15 is 0 Å². The molecule has 0 aliphatic rings. The molecule has 0 unspecified atom stereocenters. The zero-order valence-electron chi connectivity index (χ0n) is 6.49. The molecule has 0 aromatic carbocycles. The second-order valence-corrected chi connectivity index (χ2v) is 2.18. The summed E-state index contributed by atoms with van der Waals surface area (Å²) in [5, 5.41) is 12.1. The summed E-state index contributed by atoms with van der Waals surface area (Å²) in [6.07, 6.45) is 0.761. The van der Waals surface area contributed by atoms with E-state index in [9.17, 15) is 9.70 Å². The second kappa shape index (κ2) is 5.64. The molecule has 1 N–H and O–H groups in total. The van der Waals surface area contributed by atoms with Gasteiger partial charge >= 0.3 is 5.97 Å². The minimum Gasteiger partial charge on any atom is -0.481 e. The number of nitrogens with zero attached hydrogens (tertiary/aromatic N) is 2. The van der Waals surface area contributed by atoms with Crippen LogP contribution < -0.4 is 0 Å². The van der Waals surface area contributed by atoms with Gasteiger partial charge in [-0.15, -0.1) is 4.91 Å². The molecule has 0 aliphatic heterocycles. The number of hydrogen-bond acceptors (Lipinski definition) is 3. The molecule has 0 rings (SSSR count). The predicted molar refractivity (Wildman–Crippen MR) is 39.9 cm³/mol. The fourth-order valence-electron chi connectivity index (χ4n) is 0.676. The second-order valence-electron chi connectivity index (χ2n) is 2.18. The van der Waals surface area contributed by atoms with Crippen molar-refractivity contribution in [3.8, 4) is 0 Å². The van der Waals surface area contributed by atoms with Crippen LogP contribution in [0.3, 0.4) is 0 Å². The molecule has 0 atom stereocenters. The van der Waals surface area contributed by atoms with Crippen LogP contribution in [0.25, 0.3) is 0 Å². The van der Waals surface area contributed by atoms with E-state index < -0.39 is 5.97 Å². The van der Waals surface area contributed by atoms with E-state index in [0.717, 1.165) is 6.42 Å². The zero-order valence-corrected chi connectivity index (χ0v) is 6.49. The first-order chi connectivity index (χ1) is 5.20. The Labute approximate surface area is 64.9 Å². The summed E-state index contributed by atoms with van der Waals surface area (Å²) < 4.78 is 0. The fourth-order valence-corrected chi connectivity index (χ4v) is 0.676. The van der Waals surface area contributed by atoms with Gasteiger partial charge in [-0.05, 0) is 6.42 Å². The van der Waals surface area contributed by atoms with Gasteiger partial charge in [-0.1, -0.05) is 6.92 Å². The highest BCUT2D eigenvalue weighted by molar-refractivity contribution is 5.66. The van der Waals surface area contributed by atoms with Gasteiger partial charge in [0, 0.05) is 13.1 Å². The Bertz CT molecular complexity index is 138. The van der Waals surface area contributed by atoms with Gasteiger partial charge in [0.1, 0.15) is 0 Å². The van der Waals surface area contributed by atoms with Gasteiger partial charge < -0.3 is 5.11 Å². The average molecular weight is 160 g/mol. The first kappa shape index (κ1) is 9.87. The molecule has 5 nitrogen and oxygen atoms in total. The molecule has 0 aromatic heterocycles. The van der Waals surface area contributed by atoms with Gasteiger partial charge in [0.2, 0.25) is 0 Å². The molecule has 0 fully saturated rings. The fraction of sp³-hybridized carbons (Fsp3) is 0.833. The van der Waals surface area contributed by atoms with Crippen molar-refractivity contribution < 1.29 is 9.90 Å². The molecule has 0 bridgehead atoms. The van der Waals surface area contributed by atoms with Crippen LogP contribution in [-0.2, 0) is 4.79 Å². The summed E-state index contributed by atoms with van der Waals surface area (Å²) in [4.78, 5) is 20.0. The lowest BCUT2D eigenvalue weighted by Gasteiger charge is -2.11. The Kier molecular flexibility index (Phi) is 5.06. The summed E-state index contributed by atoms with van der Waals surface area (Å²) in [5.74, 6) is -0.908. The Hall–Kier alpha value is -1.13. The molecule has 0 aromatic rings. The highest BCUT2D eigenvalue weighted by Gasteiger charge is 2.03. The number of aliphatic carboxylic acids is 1. The highest BCUT2D eigenvalue weighted by atomic mass is 16.4. The monoisotopic (exact) mass is 160 g/mol. The van der Waals surface area contributed by atoms with Crippen LogP contribution in [0.1, 0.15) is 19.8 Å². The van der Waals surface area contributed by atoms with Crippen LogP contribution in [0.15, 0.2) is 5.29 Å². The molecule has 0 saturated carbocycles.